The van der Waals surface area contributed by atoms with Crippen LogP contribution < -0.4 is 15.8 Å². The van der Waals surface area contributed by atoms with Crippen LogP contribution in [0.2, 0.25) is 0 Å². The van der Waals surface area contributed by atoms with E-state index in [0.717, 1.165) is 11.3 Å². The molecule has 1 aromatic heterocycles. The summed E-state index contributed by atoms with van der Waals surface area (Å²) in [5.74, 6) is 1.20. The third-order valence-corrected chi connectivity index (χ3v) is 4.58. The van der Waals surface area contributed by atoms with E-state index < -0.39 is 0 Å². The molecule has 130 valence electrons. The molecule has 0 aliphatic heterocycles. The largest absolute Gasteiger partial charge is 0.468 e. The van der Waals surface area contributed by atoms with E-state index in [4.69, 9.17) is 10.5 Å². The molecule has 0 bridgehead atoms. The van der Waals surface area contributed by atoms with Crippen molar-refractivity contribution in [1.82, 2.24) is 4.98 Å². The number of anilines is 1. The van der Waals surface area contributed by atoms with Gasteiger partial charge >= 0.3 is 0 Å². The van der Waals surface area contributed by atoms with Crippen molar-refractivity contribution in [2.45, 2.75) is 19.1 Å². The summed E-state index contributed by atoms with van der Waals surface area (Å²) in [6, 6.07) is 18.4. The van der Waals surface area contributed by atoms with Gasteiger partial charge in [-0.05, 0) is 35.4 Å². The maximum absolute atomic E-state index is 6.17. The smallest absolute Gasteiger partial charge is 0.237 e. The quantitative estimate of drug-likeness (QED) is 0.561. The predicted octanol–water partition coefficient (Wildman–Crippen LogP) is 4.04. The van der Waals surface area contributed by atoms with E-state index in [1.54, 1.807) is 6.20 Å². The van der Waals surface area contributed by atoms with Crippen LogP contribution in [-0.2, 0) is 0 Å². The van der Waals surface area contributed by atoms with E-state index in [1.807, 2.05) is 31.2 Å². The molecule has 3 rings (SSSR count). The molecule has 0 aliphatic rings. The van der Waals surface area contributed by atoms with Gasteiger partial charge in [-0.15, -0.1) is 0 Å². The molecular formula is C20H23N3OS. The van der Waals surface area contributed by atoms with Crippen LogP contribution in [0.15, 0.2) is 60.8 Å². The fourth-order valence-corrected chi connectivity index (χ4v) is 2.89. The fourth-order valence-electron chi connectivity index (χ4n) is 2.76. The minimum absolute atomic E-state index is 0.0214. The number of nitrogens with zero attached hydrogens (tertiary/aromatic N) is 1. The van der Waals surface area contributed by atoms with Crippen molar-refractivity contribution >= 4 is 29.1 Å². The summed E-state index contributed by atoms with van der Waals surface area (Å²) in [5, 5.41) is 5.69. The van der Waals surface area contributed by atoms with Crippen molar-refractivity contribution < 1.29 is 4.74 Å². The van der Waals surface area contributed by atoms with E-state index in [-0.39, 0.29) is 12.1 Å². The Balaban J connectivity index is 1.82. The van der Waals surface area contributed by atoms with Crippen molar-refractivity contribution in [3.05, 3.63) is 66.4 Å². The standard InChI is InChI=1S/C20H23N3OS/c1-14(17-9-4-7-15-6-2-3-8-18(15)17)24-20-19(10-5-11-22-20)23-12-16(21)13-25/h2-11,14,16,23,25H,12-13,21H2,1H3. The monoisotopic (exact) mass is 353 g/mol. The molecule has 25 heavy (non-hydrogen) atoms. The summed E-state index contributed by atoms with van der Waals surface area (Å²) in [4.78, 5) is 4.38. The molecule has 0 saturated carbocycles. The molecule has 4 nitrogen and oxygen atoms in total. The second-order valence-corrected chi connectivity index (χ2v) is 6.37. The number of thiol groups is 1. The lowest BCUT2D eigenvalue weighted by molar-refractivity contribution is 0.220. The van der Waals surface area contributed by atoms with Crippen molar-refractivity contribution in [1.29, 1.82) is 0 Å². The van der Waals surface area contributed by atoms with Crippen molar-refractivity contribution in [2.75, 3.05) is 17.6 Å². The molecule has 2 aromatic carbocycles. The number of aromatic nitrogens is 1. The number of pyridine rings is 1. The third-order valence-electron chi connectivity index (χ3n) is 4.11. The van der Waals surface area contributed by atoms with Crippen LogP contribution in [-0.4, -0.2) is 23.3 Å². The van der Waals surface area contributed by atoms with E-state index >= 15 is 0 Å². The number of fused-ring (bicyclic) bond motifs is 1. The zero-order valence-corrected chi connectivity index (χ0v) is 15.1. The highest BCUT2D eigenvalue weighted by Crippen LogP contribution is 2.30. The lowest BCUT2D eigenvalue weighted by Crippen LogP contribution is -2.30. The molecule has 3 N–H and O–H groups in total. The Morgan fingerprint density at radius 2 is 1.92 bits per heavy atom. The molecule has 0 saturated heterocycles. The molecular weight excluding hydrogens is 330 g/mol. The van der Waals surface area contributed by atoms with E-state index in [9.17, 15) is 0 Å². The predicted molar refractivity (Wildman–Crippen MR) is 108 cm³/mol. The van der Waals surface area contributed by atoms with Crippen LogP contribution in [0.25, 0.3) is 10.8 Å². The number of benzene rings is 2. The van der Waals surface area contributed by atoms with Crippen molar-refractivity contribution in [2.24, 2.45) is 5.73 Å². The van der Waals surface area contributed by atoms with Gasteiger partial charge in [-0.2, -0.15) is 12.6 Å². The number of nitrogens with one attached hydrogen (secondary N) is 1. The Morgan fingerprint density at radius 1 is 1.12 bits per heavy atom. The lowest BCUT2D eigenvalue weighted by Gasteiger charge is -2.19. The molecule has 0 spiro atoms. The summed E-state index contributed by atoms with van der Waals surface area (Å²) < 4.78 is 6.17. The van der Waals surface area contributed by atoms with Crippen molar-refractivity contribution in [3.63, 3.8) is 0 Å². The highest BCUT2D eigenvalue weighted by Gasteiger charge is 2.14. The summed E-state index contributed by atoms with van der Waals surface area (Å²) >= 11 is 4.21. The first-order valence-electron chi connectivity index (χ1n) is 8.38. The van der Waals surface area contributed by atoms with Gasteiger partial charge in [-0.25, -0.2) is 4.98 Å². The number of rotatable bonds is 7. The summed E-state index contributed by atoms with van der Waals surface area (Å²) in [7, 11) is 0. The van der Waals surface area contributed by atoms with Crippen LogP contribution in [0.1, 0.15) is 18.6 Å². The minimum Gasteiger partial charge on any atom is -0.468 e. The zero-order valence-electron chi connectivity index (χ0n) is 14.2. The minimum atomic E-state index is -0.125. The number of ether oxygens (including phenoxy) is 1. The highest BCUT2D eigenvalue weighted by molar-refractivity contribution is 7.80. The highest BCUT2D eigenvalue weighted by atomic mass is 32.1. The Morgan fingerprint density at radius 3 is 2.76 bits per heavy atom. The summed E-state index contributed by atoms with van der Waals surface area (Å²) in [5.41, 5.74) is 7.91. The van der Waals surface area contributed by atoms with Crippen LogP contribution in [0.5, 0.6) is 5.88 Å². The first-order chi connectivity index (χ1) is 12.2. The SMILES string of the molecule is CC(Oc1ncccc1NCC(N)CS)c1cccc2ccccc12. The average molecular weight is 353 g/mol. The third kappa shape index (κ3) is 4.24. The van der Waals surface area contributed by atoms with Crippen molar-refractivity contribution in [3.8, 4) is 5.88 Å². The fraction of sp³-hybridized carbons (Fsp3) is 0.250. The second-order valence-electron chi connectivity index (χ2n) is 6.01. The maximum atomic E-state index is 6.17. The second kappa shape index (κ2) is 8.23. The average Bonchev–Trinajstić information content (AvgIpc) is 2.66. The van der Waals surface area contributed by atoms with Crippen LogP contribution in [0.4, 0.5) is 5.69 Å². The molecule has 2 atom stereocenters. The van der Waals surface area contributed by atoms with Gasteiger partial charge in [0.1, 0.15) is 6.10 Å². The summed E-state index contributed by atoms with van der Waals surface area (Å²) in [6.07, 6.45) is 1.61. The van der Waals surface area contributed by atoms with Crippen LogP contribution in [0.3, 0.4) is 0 Å². The van der Waals surface area contributed by atoms with Gasteiger partial charge in [0.2, 0.25) is 5.88 Å². The molecule has 3 aromatic rings. The first kappa shape index (κ1) is 17.6. The molecule has 0 aliphatic carbocycles. The van der Waals surface area contributed by atoms with Gasteiger partial charge in [-0.1, -0.05) is 42.5 Å². The Kier molecular flexibility index (Phi) is 5.79. The van der Waals surface area contributed by atoms with Gasteiger partial charge in [0.25, 0.3) is 0 Å². The van der Waals surface area contributed by atoms with Crippen LogP contribution in [0, 0.1) is 0 Å². The van der Waals surface area contributed by atoms with Gasteiger partial charge in [0.15, 0.2) is 0 Å². The Hall–Kier alpha value is -2.24. The molecule has 1 heterocycles. The molecule has 5 heteroatoms. The normalized spacial score (nSPS) is 13.4. The summed E-state index contributed by atoms with van der Waals surface area (Å²) in [6.45, 7) is 2.66. The number of nitrogens with two attached hydrogens (primary N) is 1. The topological polar surface area (TPSA) is 60.2 Å². The number of hydrogen-bond donors (Lipinski definition) is 3. The van der Waals surface area contributed by atoms with Gasteiger partial charge in [-0.3, -0.25) is 0 Å². The van der Waals surface area contributed by atoms with E-state index in [2.05, 4.69) is 53.3 Å². The number of hydrogen-bond acceptors (Lipinski definition) is 5. The first-order valence-corrected chi connectivity index (χ1v) is 9.02. The van der Waals surface area contributed by atoms with Gasteiger partial charge < -0.3 is 15.8 Å². The van der Waals surface area contributed by atoms with Gasteiger partial charge in [0.05, 0.1) is 5.69 Å². The van der Waals surface area contributed by atoms with E-state index in [1.165, 1.54) is 10.8 Å². The molecule has 0 fully saturated rings. The molecule has 2 unspecified atom stereocenters. The molecule has 0 amide bonds. The van der Waals surface area contributed by atoms with Crippen LogP contribution >= 0.6 is 12.6 Å². The van der Waals surface area contributed by atoms with Gasteiger partial charge in [0, 0.05) is 24.5 Å². The Labute approximate surface area is 153 Å². The lowest BCUT2D eigenvalue weighted by atomic mass is 10.0. The zero-order chi connectivity index (χ0) is 17.6. The Bertz CT molecular complexity index is 835. The maximum Gasteiger partial charge on any atom is 0.237 e. The molecule has 0 radical (unpaired) electrons. The van der Waals surface area contributed by atoms with E-state index in [0.29, 0.717) is 18.2 Å².